The van der Waals surface area contributed by atoms with E-state index in [4.69, 9.17) is 5.26 Å². The third-order valence-corrected chi connectivity index (χ3v) is 4.19. The van der Waals surface area contributed by atoms with Gasteiger partial charge in [-0.1, -0.05) is 26.0 Å². The maximum atomic E-state index is 13.7. The van der Waals surface area contributed by atoms with Gasteiger partial charge in [0.2, 0.25) is 0 Å². The van der Waals surface area contributed by atoms with Crippen molar-refractivity contribution in [2.75, 3.05) is 5.75 Å². The van der Waals surface area contributed by atoms with Crippen molar-refractivity contribution in [3.63, 3.8) is 0 Å². The Balaban J connectivity index is 2.88. The minimum absolute atomic E-state index is 0.0425. The van der Waals surface area contributed by atoms with Gasteiger partial charge in [0.05, 0.1) is 17.1 Å². The van der Waals surface area contributed by atoms with Gasteiger partial charge in [-0.15, -0.1) is 0 Å². The van der Waals surface area contributed by atoms with E-state index in [2.05, 4.69) is 0 Å². The van der Waals surface area contributed by atoms with Gasteiger partial charge in [0.25, 0.3) is 0 Å². The molecular weight excluding hydrogens is 253 g/mol. The first-order valence-electron chi connectivity index (χ1n) is 5.73. The molecule has 0 heterocycles. The molecule has 1 aromatic carbocycles. The lowest BCUT2D eigenvalue weighted by Crippen LogP contribution is -2.12. The predicted octanol–water partition coefficient (Wildman–Crippen LogP) is 2.66. The van der Waals surface area contributed by atoms with E-state index in [9.17, 15) is 12.8 Å². The number of hydrogen-bond donors (Lipinski definition) is 0. The van der Waals surface area contributed by atoms with E-state index >= 15 is 0 Å². The van der Waals surface area contributed by atoms with Crippen LogP contribution in [0.25, 0.3) is 0 Å². The number of halogens is 1. The number of rotatable bonds is 5. The molecule has 0 amide bonds. The summed E-state index contributed by atoms with van der Waals surface area (Å²) < 4.78 is 37.3. The molecule has 0 saturated heterocycles. The molecule has 1 rings (SSSR count). The van der Waals surface area contributed by atoms with Crippen LogP contribution in [0.2, 0.25) is 0 Å². The van der Waals surface area contributed by atoms with Crippen LogP contribution in [0, 0.1) is 23.1 Å². The smallest absolute Gasteiger partial charge is 0.154 e. The zero-order valence-electron chi connectivity index (χ0n) is 10.5. The van der Waals surface area contributed by atoms with Gasteiger partial charge in [0.15, 0.2) is 9.84 Å². The molecule has 0 aromatic heterocycles. The molecule has 0 atom stereocenters. The Morgan fingerprint density at radius 1 is 1.39 bits per heavy atom. The average Bonchev–Trinajstić information content (AvgIpc) is 2.29. The molecule has 0 saturated carbocycles. The van der Waals surface area contributed by atoms with Crippen LogP contribution >= 0.6 is 0 Å². The Kier molecular flexibility index (Phi) is 4.85. The van der Waals surface area contributed by atoms with Crippen molar-refractivity contribution in [1.29, 1.82) is 5.26 Å². The Morgan fingerprint density at radius 3 is 2.61 bits per heavy atom. The molecule has 3 nitrogen and oxygen atoms in total. The average molecular weight is 269 g/mol. The molecule has 18 heavy (non-hydrogen) atoms. The quantitative estimate of drug-likeness (QED) is 0.825. The van der Waals surface area contributed by atoms with E-state index in [0.29, 0.717) is 6.42 Å². The van der Waals surface area contributed by atoms with Crippen LogP contribution in [-0.2, 0) is 15.6 Å². The third kappa shape index (κ3) is 4.11. The summed E-state index contributed by atoms with van der Waals surface area (Å²) in [4.78, 5) is 0. The zero-order valence-corrected chi connectivity index (χ0v) is 11.3. The van der Waals surface area contributed by atoms with Crippen LogP contribution in [0.1, 0.15) is 31.4 Å². The van der Waals surface area contributed by atoms with Crippen molar-refractivity contribution in [3.05, 3.63) is 35.1 Å². The SMILES string of the molecule is CC(C)CCS(=O)(=O)Cc1cccc(C#N)c1F. The first-order chi connectivity index (χ1) is 8.35. The molecule has 0 spiro atoms. The van der Waals surface area contributed by atoms with E-state index in [0.717, 1.165) is 0 Å². The highest BCUT2D eigenvalue weighted by atomic mass is 32.2. The monoisotopic (exact) mass is 269 g/mol. The predicted molar refractivity (Wildman–Crippen MR) is 68.1 cm³/mol. The lowest BCUT2D eigenvalue weighted by atomic mass is 10.1. The Morgan fingerprint density at radius 2 is 2.06 bits per heavy atom. The summed E-state index contributed by atoms with van der Waals surface area (Å²) in [5.41, 5.74) is -0.0515. The zero-order chi connectivity index (χ0) is 13.8. The van der Waals surface area contributed by atoms with Crippen molar-refractivity contribution in [2.45, 2.75) is 26.0 Å². The van der Waals surface area contributed by atoms with Gasteiger partial charge in [0.1, 0.15) is 11.9 Å². The fourth-order valence-corrected chi connectivity index (χ4v) is 3.17. The van der Waals surface area contributed by atoms with Crippen LogP contribution in [-0.4, -0.2) is 14.2 Å². The second-order valence-electron chi connectivity index (χ2n) is 4.67. The maximum absolute atomic E-state index is 13.7. The van der Waals surface area contributed by atoms with Gasteiger partial charge >= 0.3 is 0 Å². The maximum Gasteiger partial charge on any atom is 0.154 e. The van der Waals surface area contributed by atoms with Crippen LogP contribution in [0.4, 0.5) is 4.39 Å². The molecule has 0 N–H and O–H groups in total. The molecule has 98 valence electrons. The minimum atomic E-state index is -3.33. The standard InChI is InChI=1S/C13H16FNO2S/c1-10(2)6-7-18(16,17)9-12-5-3-4-11(8-15)13(12)14/h3-5,10H,6-7,9H2,1-2H3. The van der Waals surface area contributed by atoms with Crippen LogP contribution in [0.5, 0.6) is 0 Å². The normalized spacial score (nSPS) is 11.5. The molecule has 1 aromatic rings. The largest absolute Gasteiger partial charge is 0.228 e. The van der Waals surface area contributed by atoms with Crippen LogP contribution in [0.15, 0.2) is 18.2 Å². The summed E-state index contributed by atoms with van der Waals surface area (Å²) in [6.45, 7) is 3.87. The van der Waals surface area contributed by atoms with E-state index < -0.39 is 15.7 Å². The molecule has 0 aliphatic rings. The van der Waals surface area contributed by atoms with E-state index in [1.54, 1.807) is 6.07 Å². The highest BCUT2D eigenvalue weighted by Gasteiger charge is 2.17. The highest BCUT2D eigenvalue weighted by molar-refractivity contribution is 7.90. The molecule has 0 fully saturated rings. The molecule has 5 heteroatoms. The van der Waals surface area contributed by atoms with Crippen molar-refractivity contribution in [2.24, 2.45) is 5.92 Å². The Labute approximate surface area is 107 Å². The molecule has 0 radical (unpaired) electrons. The second kappa shape index (κ2) is 5.96. The lowest BCUT2D eigenvalue weighted by Gasteiger charge is -2.08. The minimum Gasteiger partial charge on any atom is -0.228 e. The second-order valence-corrected chi connectivity index (χ2v) is 6.85. The van der Waals surface area contributed by atoms with Crippen LogP contribution in [0.3, 0.4) is 0 Å². The Hall–Kier alpha value is -1.41. The number of nitrogens with zero attached hydrogens (tertiary/aromatic N) is 1. The fourth-order valence-electron chi connectivity index (χ4n) is 1.50. The molecule has 0 aliphatic heterocycles. The lowest BCUT2D eigenvalue weighted by molar-refractivity contribution is 0.568. The fraction of sp³-hybridized carbons (Fsp3) is 0.462. The first kappa shape index (κ1) is 14.7. The van der Waals surface area contributed by atoms with Crippen LogP contribution < -0.4 is 0 Å². The summed E-state index contributed by atoms with van der Waals surface area (Å²) in [5.74, 6) is -0.745. The summed E-state index contributed by atoms with van der Waals surface area (Å²) in [5, 5.41) is 8.68. The number of hydrogen-bond acceptors (Lipinski definition) is 3. The summed E-state index contributed by atoms with van der Waals surface area (Å²) in [6.07, 6.45) is 0.557. The summed E-state index contributed by atoms with van der Waals surface area (Å²) in [7, 11) is -3.33. The molecule has 0 unspecified atom stereocenters. The Bertz CT molecular complexity index is 559. The van der Waals surface area contributed by atoms with Gasteiger partial charge in [-0.25, -0.2) is 12.8 Å². The molecular formula is C13H16FNO2S. The van der Waals surface area contributed by atoms with Crippen molar-refractivity contribution in [1.82, 2.24) is 0 Å². The van der Waals surface area contributed by atoms with E-state index in [1.807, 2.05) is 13.8 Å². The van der Waals surface area contributed by atoms with E-state index in [-0.39, 0.29) is 28.6 Å². The van der Waals surface area contributed by atoms with Crippen molar-refractivity contribution in [3.8, 4) is 6.07 Å². The number of sulfone groups is 1. The number of nitriles is 1. The summed E-state index contributed by atoms with van der Waals surface area (Å²) in [6, 6.07) is 5.94. The molecule has 0 aliphatic carbocycles. The molecule has 0 bridgehead atoms. The highest BCUT2D eigenvalue weighted by Crippen LogP contribution is 2.16. The van der Waals surface area contributed by atoms with Crippen molar-refractivity contribution >= 4 is 9.84 Å². The number of benzene rings is 1. The van der Waals surface area contributed by atoms with E-state index in [1.165, 1.54) is 18.2 Å². The van der Waals surface area contributed by atoms with Gasteiger partial charge in [-0.2, -0.15) is 5.26 Å². The van der Waals surface area contributed by atoms with Gasteiger partial charge in [0, 0.05) is 5.56 Å². The summed E-state index contributed by atoms with van der Waals surface area (Å²) >= 11 is 0. The first-order valence-corrected chi connectivity index (χ1v) is 7.56. The van der Waals surface area contributed by atoms with Crippen molar-refractivity contribution < 1.29 is 12.8 Å². The van der Waals surface area contributed by atoms with Gasteiger partial charge in [-0.05, 0) is 18.4 Å². The van der Waals surface area contributed by atoms with Gasteiger partial charge < -0.3 is 0 Å². The topological polar surface area (TPSA) is 57.9 Å². The van der Waals surface area contributed by atoms with Gasteiger partial charge in [-0.3, -0.25) is 0 Å². The third-order valence-electron chi connectivity index (χ3n) is 2.58.